The summed E-state index contributed by atoms with van der Waals surface area (Å²) in [5.74, 6) is -0.789. The Bertz CT molecular complexity index is 530. The predicted octanol–water partition coefficient (Wildman–Crippen LogP) is 6.46. The van der Waals surface area contributed by atoms with Crippen molar-refractivity contribution in [2.45, 2.75) is 76.9 Å². The molecule has 0 bridgehead atoms. The number of rotatable bonds is 5. The largest absolute Gasteiger partial charge is 0.408 e. The monoisotopic (exact) mass is 386 g/mol. The molecule has 22 heavy (non-hydrogen) atoms. The molecule has 0 saturated carbocycles. The van der Waals surface area contributed by atoms with Crippen molar-refractivity contribution in [3.05, 3.63) is 33.8 Å². The molecule has 2 atom stereocenters. The second kappa shape index (κ2) is 6.74. The highest BCUT2D eigenvalue weighted by atomic mass is 79.9. The highest BCUT2D eigenvalue weighted by Crippen LogP contribution is 2.45. The van der Waals surface area contributed by atoms with Crippen molar-refractivity contribution in [3.63, 3.8) is 0 Å². The second-order valence-electron chi connectivity index (χ2n) is 7.62. The van der Waals surface area contributed by atoms with Crippen LogP contribution in [0.2, 0.25) is 13.1 Å². The van der Waals surface area contributed by atoms with Crippen LogP contribution in [0.3, 0.4) is 0 Å². The predicted molar refractivity (Wildman–Crippen MR) is 97.5 cm³/mol. The highest BCUT2D eigenvalue weighted by Gasteiger charge is 2.40. The SMILES string of the molecule is CCCC(F)[Si](C)(C)OC1CCC(C)(C)c2ccc(Br)cc21. The van der Waals surface area contributed by atoms with Crippen molar-refractivity contribution in [1.82, 2.24) is 0 Å². The third-order valence-electron chi connectivity index (χ3n) is 4.86. The van der Waals surface area contributed by atoms with Crippen LogP contribution in [0, 0.1) is 0 Å². The molecule has 0 radical (unpaired) electrons. The minimum Gasteiger partial charge on any atom is -0.408 e. The van der Waals surface area contributed by atoms with E-state index in [1.807, 2.05) is 20.0 Å². The van der Waals surface area contributed by atoms with E-state index in [1.54, 1.807) is 0 Å². The molecule has 124 valence electrons. The summed E-state index contributed by atoms with van der Waals surface area (Å²) in [6.45, 7) is 10.6. The highest BCUT2D eigenvalue weighted by molar-refractivity contribution is 9.10. The zero-order valence-corrected chi connectivity index (χ0v) is 17.0. The van der Waals surface area contributed by atoms with Crippen molar-refractivity contribution in [3.8, 4) is 0 Å². The van der Waals surface area contributed by atoms with Gasteiger partial charge in [0.25, 0.3) is 0 Å². The first-order valence-electron chi connectivity index (χ1n) is 8.29. The molecule has 0 N–H and O–H groups in total. The van der Waals surface area contributed by atoms with Gasteiger partial charge in [-0.3, -0.25) is 0 Å². The van der Waals surface area contributed by atoms with Gasteiger partial charge in [-0.15, -0.1) is 0 Å². The Balaban J connectivity index is 2.29. The van der Waals surface area contributed by atoms with Crippen molar-refractivity contribution in [2.24, 2.45) is 0 Å². The Morgan fingerprint density at radius 2 is 2.09 bits per heavy atom. The fourth-order valence-electron chi connectivity index (χ4n) is 3.36. The van der Waals surface area contributed by atoms with Crippen LogP contribution >= 0.6 is 15.9 Å². The minimum absolute atomic E-state index is 0.0392. The lowest BCUT2D eigenvalue weighted by Gasteiger charge is -2.40. The van der Waals surface area contributed by atoms with E-state index in [2.05, 4.69) is 48.0 Å². The summed E-state index contributed by atoms with van der Waals surface area (Å²) in [7, 11) is -2.33. The second-order valence-corrected chi connectivity index (χ2v) is 12.6. The summed E-state index contributed by atoms with van der Waals surface area (Å²) in [5.41, 5.74) is 2.76. The number of benzene rings is 1. The number of hydrogen-bond donors (Lipinski definition) is 0. The van der Waals surface area contributed by atoms with Gasteiger partial charge in [0, 0.05) is 4.47 Å². The molecule has 1 aromatic rings. The molecule has 0 heterocycles. The zero-order valence-electron chi connectivity index (χ0n) is 14.4. The first kappa shape index (κ1) is 18.1. The summed E-state index contributed by atoms with van der Waals surface area (Å²) >= 11 is 3.57. The van der Waals surface area contributed by atoms with Gasteiger partial charge < -0.3 is 4.43 Å². The van der Waals surface area contributed by atoms with Crippen LogP contribution in [-0.4, -0.2) is 14.1 Å². The van der Waals surface area contributed by atoms with E-state index >= 15 is 0 Å². The van der Waals surface area contributed by atoms with Crippen molar-refractivity contribution in [1.29, 1.82) is 0 Å². The van der Waals surface area contributed by atoms with Crippen LogP contribution in [-0.2, 0) is 9.84 Å². The van der Waals surface area contributed by atoms with Crippen LogP contribution in [0.4, 0.5) is 4.39 Å². The number of alkyl halides is 1. The molecule has 1 aromatic carbocycles. The van der Waals surface area contributed by atoms with Gasteiger partial charge >= 0.3 is 0 Å². The number of hydrogen-bond acceptors (Lipinski definition) is 1. The molecule has 0 aliphatic heterocycles. The molecule has 4 heteroatoms. The normalized spacial score (nSPS) is 22.2. The van der Waals surface area contributed by atoms with Gasteiger partial charge in [-0.25, -0.2) is 4.39 Å². The third-order valence-corrected chi connectivity index (χ3v) is 8.05. The maximum atomic E-state index is 14.5. The lowest BCUT2D eigenvalue weighted by Crippen LogP contribution is -2.44. The van der Waals surface area contributed by atoms with Crippen LogP contribution in [0.5, 0.6) is 0 Å². The molecule has 2 rings (SSSR count). The summed E-state index contributed by atoms with van der Waals surface area (Å²) in [5, 5.41) is 0. The Morgan fingerprint density at radius 3 is 2.73 bits per heavy atom. The van der Waals surface area contributed by atoms with Crippen LogP contribution < -0.4 is 0 Å². The average molecular weight is 387 g/mol. The molecule has 0 spiro atoms. The molecule has 0 saturated heterocycles. The Morgan fingerprint density at radius 1 is 1.41 bits per heavy atom. The first-order valence-corrected chi connectivity index (χ1v) is 12.1. The Labute approximate surface area is 143 Å². The number of halogens is 2. The van der Waals surface area contributed by atoms with Crippen molar-refractivity contribution in [2.75, 3.05) is 0 Å². The molecule has 1 aliphatic rings. The fraction of sp³-hybridized carbons (Fsp3) is 0.667. The quantitative estimate of drug-likeness (QED) is 0.527. The molecule has 0 fully saturated rings. The van der Waals surface area contributed by atoms with E-state index in [9.17, 15) is 4.39 Å². The Hall–Kier alpha value is -0.193. The van der Waals surface area contributed by atoms with E-state index in [-0.39, 0.29) is 11.5 Å². The molecule has 0 aromatic heterocycles. The first-order chi connectivity index (χ1) is 10.2. The zero-order chi connectivity index (χ0) is 16.5. The smallest absolute Gasteiger partial charge is 0.222 e. The standard InChI is InChI=1S/C18H28BrFOSi/c1-6-7-17(20)22(4,5)21-16-10-11-18(2,3)15-9-8-13(19)12-14(15)16/h8-9,12,16-17H,6-7,10-11H2,1-5H3. The van der Waals surface area contributed by atoms with Gasteiger partial charge in [0.1, 0.15) is 5.79 Å². The third kappa shape index (κ3) is 3.82. The summed E-state index contributed by atoms with van der Waals surface area (Å²) < 4.78 is 22.0. The molecule has 1 aliphatic carbocycles. The summed E-state index contributed by atoms with van der Waals surface area (Å²) in [6, 6.07) is 6.46. The van der Waals surface area contributed by atoms with Gasteiger partial charge in [0.05, 0.1) is 6.10 Å². The van der Waals surface area contributed by atoms with Crippen molar-refractivity contribution >= 4 is 24.2 Å². The fourth-order valence-corrected chi connectivity index (χ4v) is 5.85. The maximum absolute atomic E-state index is 14.5. The van der Waals surface area contributed by atoms with Gasteiger partial charge in [-0.1, -0.05) is 49.2 Å². The molecule has 0 amide bonds. The molecule has 1 nitrogen and oxygen atoms in total. The van der Waals surface area contributed by atoms with E-state index in [0.29, 0.717) is 6.42 Å². The van der Waals surface area contributed by atoms with Gasteiger partial charge in [0.15, 0.2) is 0 Å². The Kier molecular flexibility index (Phi) is 5.56. The van der Waals surface area contributed by atoms with Crippen molar-refractivity contribution < 1.29 is 8.82 Å². The number of fused-ring (bicyclic) bond motifs is 1. The lowest BCUT2D eigenvalue weighted by molar-refractivity contribution is 0.140. The van der Waals surface area contributed by atoms with Crippen LogP contribution in [0.1, 0.15) is 63.7 Å². The van der Waals surface area contributed by atoms with Crippen LogP contribution in [0.25, 0.3) is 0 Å². The average Bonchev–Trinajstić information content (AvgIpc) is 2.42. The molecule has 2 unspecified atom stereocenters. The van der Waals surface area contributed by atoms with Gasteiger partial charge in [0.2, 0.25) is 8.32 Å². The maximum Gasteiger partial charge on any atom is 0.222 e. The van der Waals surface area contributed by atoms with Gasteiger partial charge in [-0.2, -0.15) is 0 Å². The van der Waals surface area contributed by atoms with Gasteiger partial charge in [-0.05, 0) is 61.0 Å². The van der Waals surface area contributed by atoms with Crippen LogP contribution in [0.15, 0.2) is 22.7 Å². The summed E-state index contributed by atoms with van der Waals surface area (Å²) in [6.07, 6.45) is 3.59. The minimum atomic E-state index is -2.33. The molecular formula is C18H28BrFOSi. The van der Waals surface area contributed by atoms with E-state index in [0.717, 1.165) is 23.7 Å². The van der Waals surface area contributed by atoms with E-state index < -0.39 is 14.1 Å². The summed E-state index contributed by atoms with van der Waals surface area (Å²) in [4.78, 5) is 0. The van der Waals surface area contributed by atoms with E-state index in [1.165, 1.54) is 11.1 Å². The van der Waals surface area contributed by atoms with E-state index in [4.69, 9.17) is 4.43 Å². The lowest BCUT2D eigenvalue weighted by atomic mass is 9.72. The topological polar surface area (TPSA) is 9.23 Å². The molecular weight excluding hydrogens is 359 g/mol.